The Balaban J connectivity index is 2.28. The van der Waals surface area contributed by atoms with Crippen molar-refractivity contribution in [2.75, 3.05) is 13.1 Å². The van der Waals surface area contributed by atoms with Gasteiger partial charge in [0.1, 0.15) is 6.07 Å². The Kier molecular flexibility index (Phi) is 4.11. The first-order valence-corrected chi connectivity index (χ1v) is 6.57. The molecule has 1 saturated heterocycles. The molecule has 1 aliphatic heterocycles. The summed E-state index contributed by atoms with van der Waals surface area (Å²) in [6, 6.07) is 4.95. The maximum absolute atomic E-state index is 12.2. The minimum absolute atomic E-state index is 0.0667. The fourth-order valence-corrected chi connectivity index (χ4v) is 2.65. The van der Waals surface area contributed by atoms with Crippen molar-refractivity contribution in [2.45, 2.75) is 19.3 Å². The van der Waals surface area contributed by atoms with Crippen LogP contribution in [0.5, 0.6) is 0 Å². The third kappa shape index (κ3) is 2.60. The first-order valence-electron chi connectivity index (χ1n) is 5.82. The Morgan fingerprint density at radius 1 is 1.17 bits per heavy atom. The molecule has 0 N–H and O–H groups in total. The smallest absolute Gasteiger partial charge is 0.253 e. The van der Waals surface area contributed by atoms with Gasteiger partial charge in [0.2, 0.25) is 0 Å². The zero-order valence-corrected chi connectivity index (χ0v) is 11.3. The van der Waals surface area contributed by atoms with E-state index in [-0.39, 0.29) is 21.5 Å². The molecule has 1 aromatic carbocycles. The molecule has 1 aromatic rings. The summed E-state index contributed by atoms with van der Waals surface area (Å²) in [5, 5.41) is 9.32. The molecule has 0 saturated carbocycles. The fraction of sp³-hybridized carbons (Fsp3) is 0.385. The van der Waals surface area contributed by atoms with E-state index in [0.717, 1.165) is 25.9 Å². The molecule has 1 heterocycles. The van der Waals surface area contributed by atoms with Gasteiger partial charge in [-0.2, -0.15) is 5.26 Å². The molecule has 0 radical (unpaired) electrons. The van der Waals surface area contributed by atoms with E-state index < -0.39 is 0 Å². The number of nitrogens with zero attached hydrogens (tertiary/aromatic N) is 2. The van der Waals surface area contributed by atoms with E-state index in [1.165, 1.54) is 18.6 Å². The summed E-state index contributed by atoms with van der Waals surface area (Å²) in [4.78, 5) is 14.0. The zero-order valence-electron chi connectivity index (χ0n) is 9.75. The van der Waals surface area contributed by atoms with Gasteiger partial charge in [-0.05, 0) is 31.4 Å². The number of hydrogen-bond donors (Lipinski definition) is 0. The summed E-state index contributed by atoms with van der Waals surface area (Å²) < 4.78 is 0. The minimum Gasteiger partial charge on any atom is -0.339 e. The number of hydrogen-bond acceptors (Lipinski definition) is 2. The van der Waals surface area contributed by atoms with Gasteiger partial charge in [0.15, 0.2) is 0 Å². The number of piperidine rings is 1. The zero-order chi connectivity index (χ0) is 13.1. The normalized spacial score (nSPS) is 15.3. The quantitative estimate of drug-likeness (QED) is 0.791. The number of amides is 1. The third-order valence-corrected chi connectivity index (χ3v) is 3.64. The van der Waals surface area contributed by atoms with E-state index in [2.05, 4.69) is 0 Å². The Labute approximate surface area is 116 Å². The second kappa shape index (κ2) is 5.60. The van der Waals surface area contributed by atoms with Crippen LogP contribution in [0, 0.1) is 11.3 Å². The lowest BCUT2D eigenvalue weighted by Gasteiger charge is -2.26. The highest BCUT2D eigenvalue weighted by Crippen LogP contribution is 2.27. The molecule has 3 nitrogen and oxygen atoms in total. The maximum Gasteiger partial charge on any atom is 0.253 e. The average molecular weight is 283 g/mol. The highest BCUT2D eigenvalue weighted by Gasteiger charge is 2.20. The Bertz CT molecular complexity index is 493. The molecule has 0 unspecified atom stereocenters. The molecular weight excluding hydrogens is 271 g/mol. The van der Waals surface area contributed by atoms with Crippen molar-refractivity contribution < 1.29 is 4.79 Å². The molecule has 2 rings (SSSR count). The molecule has 94 valence electrons. The average Bonchev–Trinajstić information content (AvgIpc) is 2.38. The number of carbonyl (C=O) groups excluding carboxylic acids is 1. The van der Waals surface area contributed by atoms with Crippen LogP contribution in [-0.2, 0) is 0 Å². The molecule has 1 aliphatic rings. The van der Waals surface area contributed by atoms with Gasteiger partial charge in [0.05, 0.1) is 15.6 Å². The van der Waals surface area contributed by atoms with Crippen LogP contribution in [0.2, 0.25) is 10.0 Å². The molecule has 0 spiro atoms. The lowest BCUT2D eigenvalue weighted by Crippen LogP contribution is -2.35. The minimum atomic E-state index is -0.0667. The fourth-order valence-electron chi connectivity index (χ4n) is 2.08. The largest absolute Gasteiger partial charge is 0.339 e. The molecule has 1 amide bonds. The molecule has 0 atom stereocenters. The van der Waals surface area contributed by atoms with Crippen LogP contribution in [0.1, 0.15) is 35.2 Å². The summed E-state index contributed by atoms with van der Waals surface area (Å²) in [5.74, 6) is -0.0667. The van der Waals surface area contributed by atoms with E-state index in [9.17, 15) is 4.79 Å². The Morgan fingerprint density at radius 2 is 1.72 bits per heavy atom. The summed E-state index contributed by atoms with van der Waals surface area (Å²) in [7, 11) is 0. The maximum atomic E-state index is 12.2. The van der Waals surface area contributed by atoms with Gasteiger partial charge in [0.25, 0.3) is 5.91 Å². The van der Waals surface area contributed by atoms with Gasteiger partial charge < -0.3 is 4.90 Å². The summed E-state index contributed by atoms with van der Waals surface area (Å²) in [6.07, 6.45) is 3.23. The van der Waals surface area contributed by atoms with Gasteiger partial charge >= 0.3 is 0 Å². The number of carbonyl (C=O) groups is 1. The predicted molar refractivity (Wildman–Crippen MR) is 70.9 cm³/mol. The van der Waals surface area contributed by atoms with E-state index >= 15 is 0 Å². The summed E-state index contributed by atoms with van der Waals surface area (Å²) in [6.45, 7) is 1.54. The van der Waals surface area contributed by atoms with E-state index in [1.54, 1.807) is 4.90 Å². The van der Waals surface area contributed by atoms with Gasteiger partial charge in [0, 0.05) is 18.7 Å². The molecule has 1 fully saturated rings. The number of nitriles is 1. The lowest BCUT2D eigenvalue weighted by atomic mass is 10.1. The lowest BCUT2D eigenvalue weighted by molar-refractivity contribution is 0.0724. The summed E-state index contributed by atoms with van der Waals surface area (Å²) >= 11 is 11.9. The molecule has 0 aliphatic carbocycles. The number of likely N-dealkylation sites (tertiary alicyclic amines) is 1. The molecule has 0 aromatic heterocycles. The SMILES string of the molecule is N#Cc1c(Cl)cc(C(=O)N2CCCCC2)cc1Cl. The van der Waals surface area contributed by atoms with Gasteiger partial charge in [-0.15, -0.1) is 0 Å². The Morgan fingerprint density at radius 3 is 2.22 bits per heavy atom. The number of halogens is 2. The number of benzene rings is 1. The first kappa shape index (κ1) is 13.2. The second-order valence-corrected chi connectivity index (χ2v) is 5.09. The number of rotatable bonds is 1. The van der Waals surface area contributed by atoms with Crippen molar-refractivity contribution in [2.24, 2.45) is 0 Å². The van der Waals surface area contributed by atoms with Crippen molar-refractivity contribution in [3.05, 3.63) is 33.3 Å². The van der Waals surface area contributed by atoms with Crippen molar-refractivity contribution >= 4 is 29.1 Å². The topological polar surface area (TPSA) is 44.1 Å². The van der Waals surface area contributed by atoms with Crippen LogP contribution in [0.3, 0.4) is 0 Å². The van der Waals surface area contributed by atoms with E-state index in [0.29, 0.717) is 5.56 Å². The van der Waals surface area contributed by atoms with E-state index in [4.69, 9.17) is 28.5 Å². The third-order valence-electron chi connectivity index (χ3n) is 3.04. The predicted octanol–water partition coefficient (Wildman–Crippen LogP) is 3.49. The van der Waals surface area contributed by atoms with Crippen LogP contribution in [-0.4, -0.2) is 23.9 Å². The van der Waals surface area contributed by atoms with Crippen molar-refractivity contribution in [3.8, 4) is 6.07 Å². The second-order valence-electron chi connectivity index (χ2n) is 4.28. The monoisotopic (exact) mass is 282 g/mol. The van der Waals surface area contributed by atoms with Crippen LogP contribution < -0.4 is 0 Å². The van der Waals surface area contributed by atoms with Crippen molar-refractivity contribution in [3.63, 3.8) is 0 Å². The molecular formula is C13H12Cl2N2O. The van der Waals surface area contributed by atoms with Crippen LogP contribution in [0.15, 0.2) is 12.1 Å². The van der Waals surface area contributed by atoms with Crippen molar-refractivity contribution in [1.82, 2.24) is 4.90 Å². The van der Waals surface area contributed by atoms with Gasteiger partial charge in [-0.3, -0.25) is 4.79 Å². The molecule has 0 bridgehead atoms. The molecule has 5 heteroatoms. The first-order chi connectivity index (χ1) is 8.63. The van der Waals surface area contributed by atoms with E-state index in [1.807, 2.05) is 6.07 Å². The summed E-state index contributed by atoms with van der Waals surface area (Å²) in [5.41, 5.74) is 0.666. The van der Waals surface area contributed by atoms with Crippen LogP contribution >= 0.6 is 23.2 Å². The van der Waals surface area contributed by atoms with Gasteiger partial charge in [-0.25, -0.2) is 0 Å². The molecule has 18 heavy (non-hydrogen) atoms. The van der Waals surface area contributed by atoms with Crippen LogP contribution in [0.25, 0.3) is 0 Å². The van der Waals surface area contributed by atoms with Gasteiger partial charge in [-0.1, -0.05) is 23.2 Å². The standard InChI is InChI=1S/C13H12Cl2N2O/c14-11-6-9(7-12(15)10(11)8-16)13(18)17-4-2-1-3-5-17/h6-7H,1-5H2. The Hall–Kier alpha value is -1.24. The highest BCUT2D eigenvalue weighted by molar-refractivity contribution is 6.37. The van der Waals surface area contributed by atoms with Crippen molar-refractivity contribution in [1.29, 1.82) is 5.26 Å². The highest BCUT2D eigenvalue weighted by atomic mass is 35.5. The van der Waals surface area contributed by atoms with Crippen LogP contribution in [0.4, 0.5) is 0 Å².